The summed E-state index contributed by atoms with van der Waals surface area (Å²) in [6, 6.07) is 3.80. The molecule has 1 aromatic carbocycles. The van der Waals surface area contributed by atoms with E-state index in [0.29, 0.717) is 24.3 Å². The van der Waals surface area contributed by atoms with Gasteiger partial charge in [0, 0.05) is 0 Å². The third kappa shape index (κ3) is 4.77. The van der Waals surface area contributed by atoms with E-state index in [4.69, 9.17) is 16.3 Å². The van der Waals surface area contributed by atoms with Crippen molar-refractivity contribution in [3.05, 3.63) is 41.4 Å². The molecule has 1 aliphatic carbocycles. The van der Waals surface area contributed by atoms with Crippen LogP contribution >= 0.6 is 11.6 Å². The first-order chi connectivity index (χ1) is 12.9. The third-order valence-corrected chi connectivity index (χ3v) is 4.86. The molecule has 1 fully saturated rings. The van der Waals surface area contributed by atoms with Crippen LogP contribution < -0.4 is 10.1 Å². The predicted octanol–water partition coefficient (Wildman–Crippen LogP) is 3.54. The second kappa shape index (κ2) is 8.39. The Morgan fingerprint density at radius 1 is 1.33 bits per heavy atom. The number of hydrogen-bond donors (Lipinski definition) is 2. The van der Waals surface area contributed by atoms with Crippen molar-refractivity contribution in [3.8, 4) is 5.75 Å². The second-order valence-electron chi connectivity index (χ2n) is 6.44. The highest BCUT2D eigenvalue weighted by atomic mass is 35.5. The van der Waals surface area contributed by atoms with Gasteiger partial charge in [0.25, 0.3) is 0 Å². The zero-order valence-corrected chi connectivity index (χ0v) is 15.2. The maximum absolute atomic E-state index is 13.0. The van der Waals surface area contributed by atoms with Gasteiger partial charge in [0.05, 0.1) is 34.9 Å². The fraction of sp³-hybridized carbons (Fsp3) is 0.389. The number of benzene rings is 1. The van der Waals surface area contributed by atoms with E-state index in [9.17, 15) is 19.1 Å². The van der Waals surface area contributed by atoms with Gasteiger partial charge in [-0.05, 0) is 31.0 Å². The van der Waals surface area contributed by atoms with E-state index >= 15 is 0 Å². The van der Waals surface area contributed by atoms with Gasteiger partial charge in [-0.1, -0.05) is 24.4 Å². The quantitative estimate of drug-likeness (QED) is 0.780. The molecule has 0 aliphatic heterocycles. The van der Waals surface area contributed by atoms with Crippen LogP contribution in [0.3, 0.4) is 0 Å². The summed E-state index contributed by atoms with van der Waals surface area (Å²) < 4.78 is 19.9. The molecule has 2 N–H and O–H groups in total. The number of ether oxygens (including phenoxy) is 1. The van der Waals surface area contributed by atoms with Crippen molar-refractivity contribution in [1.82, 2.24) is 9.78 Å². The lowest BCUT2D eigenvalue weighted by atomic mass is 9.78. The van der Waals surface area contributed by atoms with Crippen LogP contribution in [0.25, 0.3) is 0 Å². The van der Waals surface area contributed by atoms with Crippen LogP contribution in [0.5, 0.6) is 5.75 Å². The van der Waals surface area contributed by atoms with Crippen LogP contribution in [0.15, 0.2) is 30.6 Å². The largest absolute Gasteiger partial charge is 0.481 e. The number of hydrogen-bond acceptors (Lipinski definition) is 4. The Balaban J connectivity index is 1.58. The molecule has 1 aliphatic rings. The molecule has 0 saturated heterocycles. The zero-order chi connectivity index (χ0) is 19.4. The normalized spacial score (nSPS) is 19.5. The minimum atomic E-state index is -0.935. The van der Waals surface area contributed by atoms with E-state index in [-0.39, 0.29) is 17.7 Å². The third-order valence-electron chi connectivity index (χ3n) is 4.57. The van der Waals surface area contributed by atoms with Crippen molar-refractivity contribution in [2.75, 3.05) is 5.32 Å². The summed E-state index contributed by atoms with van der Waals surface area (Å²) >= 11 is 5.90. The maximum atomic E-state index is 13.0. The molecule has 2 atom stereocenters. The van der Waals surface area contributed by atoms with Gasteiger partial charge in [-0.15, -0.1) is 0 Å². The van der Waals surface area contributed by atoms with Gasteiger partial charge < -0.3 is 15.2 Å². The molecule has 2 aromatic rings. The Labute approximate surface area is 160 Å². The van der Waals surface area contributed by atoms with Crippen molar-refractivity contribution < 1.29 is 23.8 Å². The number of carbonyl (C=O) groups excluding carboxylic acids is 1. The van der Waals surface area contributed by atoms with Crippen LogP contribution in [-0.2, 0) is 16.3 Å². The lowest BCUT2D eigenvalue weighted by Crippen LogP contribution is -2.35. The van der Waals surface area contributed by atoms with E-state index in [1.807, 2.05) is 0 Å². The molecule has 0 unspecified atom stereocenters. The molecule has 27 heavy (non-hydrogen) atoms. The Kier molecular flexibility index (Phi) is 5.95. The highest BCUT2D eigenvalue weighted by Crippen LogP contribution is 2.31. The lowest BCUT2D eigenvalue weighted by molar-refractivity contribution is -0.147. The van der Waals surface area contributed by atoms with Crippen molar-refractivity contribution in [3.63, 3.8) is 0 Å². The summed E-state index contributed by atoms with van der Waals surface area (Å²) in [7, 11) is 0. The average Bonchev–Trinajstić information content (AvgIpc) is 3.08. The number of carboxylic acid groups (broad SMARTS) is 1. The highest BCUT2D eigenvalue weighted by molar-refractivity contribution is 6.32. The SMILES string of the molecule is O=C(Nc1cnn(COc2ccc(F)cc2Cl)c1)[C@H]1CCCC[C@H]1C(=O)O. The first-order valence-corrected chi connectivity index (χ1v) is 8.96. The number of amides is 1. The summed E-state index contributed by atoms with van der Waals surface area (Å²) in [5.74, 6) is -2.60. The average molecular weight is 396 g/mol. The topological polar surface area (TPSA) is 93.5 Å². The number of nitrogens with zero attached hydrogens (tertiary/aromatic N) is 2. The number of rotatable bonds is 6. The molecule has 1 aromatic heterocycles. The first kappa shape index (κ1) is 19.2. The molecular weight excluding hydrogens is 377 g/mol. The van der Waals surface area contributed by atoms with E-state index in [1.165, 1.54) is 23.0 Å². The molecule has 3 rings (SSSR count). The summed E-state index contributed by atoms with van der Waals surface area (Å²) in [5.41, 5.74) is 0.448. The fourth-order valence-electron chi connectivity index (χ4n) is 3.20. The summed E-state index contributed by atoms with van der Waals surface area (Å²) in [6.45, 7) is 0.0163. The number of carboxylic acids is 1. The van der Waals surface area contributed by atoms with E-state index in [0.717, 1.165) is 18.9 Å². The van der Waals surface area contributed by atoms with Gasteiger partial charge in [-0.2, -0.15) is 5.10 Å². The molecule has 0 radical (unpaired) electrons. The number of carbonyl (C=O) groups is 2. The summed E-state index contributed by atoms with van der Waals surface area (Å²) in [6.07, 6.45) is 5.75. The van der Waals surface area contributed by atoms with Crippen molar-refractivity contribution in [2.45, 2.75) is 32.4 Å². The second-order valence-corrected chi connectivity index (χ2v) is 6.85. The fourth-order valence-corrected chi connectivity index (χ4v) is 3.42. The number of halogens is 2. The predicted molar refractivity (Wildman–Crippen MR) is 96.0 cm³/mol. The Morgan fingerprint density at radius 2 is 2.07 bits per heavy atom. The van der Waals surface area contributed by atoms with Crippen LogP contribution in [0.2, 0.25) is 5.02 Å². The number of aromatic nitrogens is 2. The van der Waals surface area contributed by atoms with Crippen LogP contribution in [0, 0.1) is 17.7 Å². The first-order valence-electron chi connectivity index (χ1n) is 8.58. The molecular formula is C18H19ClFN3O4. The van der Waals surface area contributed by atoms with Crippen molar-refractivity contribution in [2.24, 2.45) is 11.8 Å². The van der Waals surface area contributed by atoms with Gasteiger partial charge in [-0.25, -0.2) is 9.07 Å². The molecule has 0 spiro atoms. The number of aliphatic carboxylic acids is 1. The highest BCUT2D eigenvalue weighted by Gasteiger charge is 2.35. The van der Waals surface area contributed by atoms with Gasteiger partial charge in [0.15, 0.2) is 6.73 Å². The number of nitrogens with one attached hydrogen (secondary N) is 1. The van der Waals surface area contributed by atoms with Gasteiger partial charge >= 0.3 is 5.97 Å². The monoisotopic (exact) mass is 395 g/mol. The molecule has 1 saturated carbocycles. The smallest absolute Gasteiger partial charge is 0.307 e. The molecule has 7 nitrogen and oxygen atoms in total. The molecule has 144 valence electrons. The lowest BCUT2D eigenvalue weighted by Gasteiger charge is -2.27. The van der Waals surface area contributed by atoms with Crippen molar-refractivity contribution >= 4 is 29.2 Å². The number of anilines is 1. The zero-order valence-electron chi connectivity index (χ0n) is 14.4. The Bertz CT molecular complexity index is 842. The Hall–Kier alpha value is -2.61. The standard InChI is InChI=1S/C18H19ClFN3O4/c19-15-7-11(20)5-6-16(15)27-10-23-9-12(8-21-23)22-17(24)13-3-1-2-4-14(13)18(25)26/h5-9,13-14H,1-4,10H2,(H,22,24)(H,25,26)/t13-,14+/m0/s1. The van der Waals surface area contributed by atoms with Gasteiger partial charge in [0.1, 0.15) is 11.6 Å². The Morgan fingerprint density at radius 3 is 2.78 bits per heavy atom. The summed E-state index contributed by atoms with van der Waals surface area (Å²) in [5, 5.41) is 16.2. The van der Waals surface area contributed by atoms with E-state index < -0.39 is 23.6 Å². The van der Waals surface area contributed by atoms with Crippen LogP contribution in [0.1, 0.15) is 25.7 Å². The van der Waals surface area contributed by atoms with Gasteiger partial charge in [-0.3, -0.25) is 9.59 Å². The van der Waals surface area contributed by atoms with E-state index in [2.05, 4.69) is 10.4 Å². The molecule has 1 amide bonds. The molecule has 1 heterocycles. The molecule has 0 bridgehead atoms. The molecule has 9 heteroatoms. The van der Waals surface area contributed by atoms with Gasteiger partial charge in [0.2, 0.25) is 5.91 Å². The maximum Gasteiger partial charge on any atom is 0.307 e. The minimum absolute atomic E-state index is 0.0163. The minimum Gasteiger partial charge on any atom is -0.481 e. The van der Waals surface area contributed by atoms with Crippen LogP contribution in [-0.4, -0.2) is 26.8 Å². The van der Waals surface area contributed by atoms with Crippen LogP contribution in [0.4, 0.5) is 10.1 Å². The summed E-state index contributed by atoms with van der Waals surface area (Å²) in [4.78, 5) is 23.8. The van der Waals surface area contributed by atoms with Crippen molar-refractivity contribution in [1.29, 1.82) is 0 Å². The van der Waals surface area contributed by atoms with E-state index in [1.54, 1.807) is 6.20 Å².